The highest BCUT2D eigenvalue weighted by Crippen LogP contribution is 2.26. The molecule has 0 spiro atoms. The molecule has 4 nitrogen and oxygen atoms in total. The first kappa shape index (κ1) is 12.3. The second kappa shape index (κ2) is 4.38. The fourth-order valence-electron chi connectivity index (χ4n) is 1.08. The lowest BCUT2D eigenvalue weighted by molar-refractivity contribution is 0.144. The van der Waals surface area contributed by atoms with Gasteiger partial charge in [0.1, 0.15) is 5.69 Å². The molecule has 0 saturated carbocycles. The summed E-state index contributed by atoms with van der Waals surface area (Å²) in [6.07, 6.45) is -1.93. The van der Waals surface area contributed by atoms with Crippen LogP contribution in [0.3, 0.4) is 0 Å². The lowest BCUT2D eigenvalue weighted by Gasteiger charge is -2.09. The summed E-state index contributed by atoms with van der Waals surface area (Å²) >= 11 is 5.39. The van der Waals surface area contributed by atoms with Gasteiger partial charge < -0.3 is 0 Å². The molecule has 1 aromatic heterocycles. The average molecular weight is 257 g/mol. The molecule has 0 aromatic carbocycles. The van der Waals surface area contributed by atoms with E-state index in [1.807, 2.05) is 0 Å². The van der Waals surface area contributed by atoms with Crippen LogP contribution in [0.1, 0.15) is 17.7 Å². The summed E-state index contributed by atoms with van der Waals surface area (Å²) < 4.78 is 46.9. The highest BCUT2D eigenvalue weighted by molar-refractivity contribution is 7.89. The van der Waals surface area contributed by atoms with Gasteiger partial charge in [-0.1, -0.05) is 0 Å². The predicted octanol–water partition coefficient (Wildman–Crippen LogP) is 1.41. The number of nitrogens with zero attached hydrogens (tertiary/aromatic N) is 1. The smallest absolute Gasteiger partial charge is 0.255 e. The summed E-state index contributed by atoms with van der Waals surface area (Å²) in [5.74, 6) is -0.390. The fraction of sp³-hybridized carbons (Fsp3) is 0.286. The maximum Gasteiger partial charge on any atom is 0.280 e. The van der Waals surface area contributed by atoms with Crippen molar-refractivity contribution in [2.45, 2.75) is 17.2 Å². The van der Waals surface area contributed by atoms with Gasteiger partial charge in [0.2, 0.25) is 10.0 Å². The Morgan fingerprint density at radius 2 is 2.13 bits per heavy atom. The summed E-state index contributed by atoms with van der Waals surface area (Å²) in [6.45, 7) is 0. The van der Waals surface area contributed by atoms with Gasteiger partial charge in [-0.15, -0.1) is 11.6 Å². The average Bonchev–Trinajstić information content (AvgIpc) is 2.15. The second-order valence-electron chi connectivity index (χ2n) is 2.65. The van der Waals surface area contributed by atoms with Crippen LogP contribution in [0.2, 0.25) is 0 Å². The third kappa shape index (κ3) is 2.61. The molecule has 15 heavy (non-hydrogen) atoms. The zero-order valence-corrected chi connectivity index (χ0v) is 8.89. The largest absolute Gasteiger partial charge is 0.280 e. The zero-order chi connectivity index (χ0) is 11.6. The van der Waals surface area contributed by atoms with Crippen LogP contribution < -0.4 is 5.14 Å². The summed E-state index contributed by atoms with van der Waals surface area (Å²) in [5, 5.41) is 4.84. The van der Waals surface area contributed by atoms with Crippen molar-refractivity contribution in [3.8, 4) is 0 Å². The molecule has 2 N–H and O–H groups in total. The Kier molecular flexibility index (Phi) is 3.58. The minimum atomic E-state index is -4.06. The monoisotopic (exact) mass is 256 g/mol. The maximum absolute atomic E-state index is 12.4. The number of aromatic nitrogens is 1. The molecule has 84 valence electrons. The molecule has 0 fully saturated rings. The molecule has 0 saturated heterocycles. The van der Waals surface area contributed by atoms with Gasteiger partial charge in [0, 0.05) is 11.8 Å². The highest BCUT2D eigenvalue weighted by Gasteiger charge is 2.22. The van der Waals surface area contributed by atoms with Crippen LogP contribution in [-0.4, -0.2) is 13.4 Å². The molecule has 1 heterocycles. The number of nitrogens with two attached hydrogens (primary N) is 1. The molecular weight excluding hydrogens is 250 g/mol. The van der Waals surface area contributed by atoms with E-state index in [1.54, 1.807) is 0 Å². The number of pyridine rings is 1. The van der Waals surface area contributed by atoms with E-state index in [4.69, 9.17) is 16.7 Å². The Hall–Kier alpha value is -0.790. The predicted molar refractivity (Wildman–Crippen MR) is 50.1 cm³/mol. The van der Waals surface area contributed by atoms with Crippen LogP contribution in [0.4, 0.5) is 8.78 Å². The number of halogens is 3. The van der Waals surface area contributed by atoms with Crippen molar-refractivity contribution in [2.75, 3.05) is 0 Å². The van der Waals surface area contributed by atoms with Gasteiger partial charge in [0.25, 0.3) is 6.43 Å². The van der Waals surface area contributed by atoms with Gasteiger partial charge in [0.15, 0.2) is 0 Å². The number of primary sulfonamides is 1. The van der Waals surface area contributed by atoms with E-state index in [-0.39, 0.29) is 11.4 Å². The lowest BCUT2D eigenvalue weighted by atomic mass is 10.2. The molecule has 1 aromatic rings. The highest BCUT2D eigenvalue weighted by atomic mass is 35.5. The number of rotatable bonds is 3. The number of hydrogen-bond donors (Lipinski definition) is 1. The van der Waals surface area contributed by atoms with Crippen LogP contribution in [0, 0.1) is 0 Å². The van der Waals surface area contributed by atoms with E-state index in [1.165, 1.54) is 0 Å². The molecule has 0 bridgehead atoms. The topological polar surface area (TPSA) is 73.1 Å². The third-order valence-corrected chi connectivity index (χ3v) is 2.96. The van der Waals surface area contributed by atoms with Crippen molar-refractivity contribution >= 4 is 21.6 Å². The van der Waals surface area contributed by atoms with Crippen LogP contribution in [0.25, 0.3) is 0 Å². The summed E-state index contributed by atoms with van der Waals surface area (Å²) in [5.41, 5.74) is -0.909. The molecule has 0 unspecified atom stereocenters. The molecule has 0 aliphatic rings. The molecule has 1 rings (SSSR count). The summed E-state index contributed by atoms with van der Waals surface area (Å²) in [7, 11) is -4.06. The van der Waals surface area contributed by atoms with Gasteiger partial charge >= 0.3 is 0 Å². The van der Waals surface area contributed by atoms with E-state index >= 15 is 0 Å². The summed E-state index contributed by atoms with van der Waals surface area (Å²) in [4.78, 5) is 2.95. The zero-order valence-electron chi connectivity index (χ0n) is 7.32. The van der Waals surface area contributed by atoms with Crippen molar-refractivity contribution in [3.63, 3.8) is 0 Å². The van der Waals surface area contributed by atoms with Crippen LogP contribution in [0.5, 0.6) is 0 Å². The Morgan fingerprint density at radius 3 is 2.53 bits per heavy atom. The van der Waals surface area contributed by atoms with Gasteiger partial charge in [-0.2, -0.15) is 0 Å². The van der Waals surface area contributed by atoms with Crippen molar-refractivity contribution in [2.24, 2.45) is 5.14 Å². The first-order chi connectivity index (χ1) is 6.88. The maximum atomic E-state index is 12.4. The van der Waals surface area contributed by atoms with Gasteiger partial charge in [-0.3, -0.25) is 4.98 Å². The minimum Gasteiger partial charge on any atom is -0.255 e. The first-order valence-corrected chi connectivity index (χ1v) is 5.80. The number of sulfonamides is 1. The molecule has 0 atom stereocenters. The lowest BCUT2D eigenvalue weighted by Crippen LogP contribution is -2.16. The van der Waals surface area contributed by atoms with Crippen molar-refractivity contribution in [1.82, 2.24) is 4.98 Å². The van der Waals surface area contributed by atoms with E-state index in [0.717, 1.165) is 12.3 Å². The molecule has 0 radical (unpaired) electrons. The Labute approximate surface area is 90.1 Å². The molecule has 0 aliphatic carbocycles. The molecular formula is C7H7ClF2N2O2S. The number of hydrogen-bond acceptors (Lipinski definition) is 3. The quantitative estimate of drug-likeness (QED) is 0.831. The van der Waals surface area contributed by atoms with Crippen LogP contribution in [-0.2, 0) is 15.9 Å². The third-order valence-electron chi connectivity index (χ3n) is 1.69. The molecule has 0 amide bonds. The Bertz CT molecular complexity index is 464. The van der Waals surface area contributed by atoms with Crippen molar-refractivity contribution < 1.29 is 17.2 Å². The Morgan fingerprint density at radius 1 is 1.53 bits per heavy atom. The molecule has 0 aliphatic heterocycles. The normalized spacial score (nSPS) is 12.1. The van der Waals surface area contributed by atoms with E-state index in [2.05, 4.69) is 4.98 Å². The van der Waals surface area contributed by atoms with E-state index in [9.17, 15) is 17.2 Å². The molecule has 8 heteroatoms. The second-order valence-corrected chi connectivity index (χ2v) is 4.45. The van der Waals surface area contributed by atoms with E-state index < -0.39 is 27.0 Å². The fourth-order valence-corrected chi connectivity index (χ4v) is 2.21. The SMILES string of the molecule is NS(=O)(=O)c1ccnc(C(F)F)c1CCl. The van der Waals surface area contributed by atoms with Gasteiger partial charge in [-0.05, 0) is 6.07 Å². The minimum absolute atomic E-state index is 0.253. The van der Waals surface area contributed by atoms with Gasteiger partial charge in [0.05, 0.1) is 10.8 Å². The Balaban J connectivity index is 3.49. The first-order valence-electron chi connectivity index (χ1n) is 3.72. The van der Waals surface area contributed by atoms with Crippen LogP contribution in [0.15, 0.2) is 17.2 Å². The van der Waals surface area contributed by atoms with Crippen LogP contribution >= 0.6 is 11.6 Å². The van der Waals surface area contributed by atoms with Gasteiger partial charge in [-0.25, -0.2) is 22.3 Å². The van der Waals surface area contributed by atoms with Crippen molar-refractivity contribution in [1.29, 1.82) is 0 Å². The number of alkyl halides is 3. The summed E-state index contributed by atoms with van der Waals surface area (Å²) in [6, 6.07) is 1.04. The van der Waals surface area contributed by atoms with Crippen molar-refractivity contribution in [3.05, 3.63) is 23.5 Å². The van der Waals surface area contributed by atoms with E-state index in [0.29, 0.717) is 0 Å². The standard InChI is InChI=1S/C7H7ClF2N2O2S/c8-3-4-5(15(11,13)14)1-2-12-6(4)7(9)10/h1-2,7H,3H2,(H2,11,13,14).